The lowest BCUT2D eigenvalue weighted by Crippen LogP contribution is -2.48. The number of rotatable bonds is 7. The second kappa shape index (κ2) is 7.09. The van der Waals surface area contributed by atoms with Crippen molar-refractivity contribution in [1.29, 1.82) is 0 Å². The molecule has 1 atom stereocenters. The summed E-state index contributed by atoms with van der Waals surface area (Å²) < 4.78 is 24.2. The van der Waals surface area contributed by atoms with E-state index in [2.05, 4.69) is 5.32 Å². The molecule has 3 rings (SSSR count). The Kier molecular flexibility index (Phi) is 4.91. The number of β-lactam (4-membered cyclic amide) rings is 1. The first-order valence-corrected chi connectivity index (χ1v) is 9.03. The van der Waals surface area contributed by atoms with E-state index in [1.807, 2.05) is 60.7 Å². The van der Waals surface area contributed by atoms with Crippen molar-refractivity contribution in [1.82, 2.24) is 5.32 Å². The van der Waals surface area contributed by atoms with Gasteiger partial charge in [-0.05, 0) is 11.1 Å². The average molecular weight is 331 g/mol. The molecule has 0 saturated carbocycles. The minimum atomic E-state index is -3.42. The van der Waals surface area contributed by atoms with Crippen LogP contribution in [0.25, 0.3) is 0 Å². The van der Waals surface area contributed by atoms with Gasteiger partial charge in [0, 0.05) is 0 Å². The van der Waals surface area contributed by atoms with Crippen molar-refractivity contribution in [3.8, 4) is 0 Å². The number of nitrogens with one attached hydrogen (secondary N) is 1. The number of carbonyl (C=O) groups is 1. The molecule has 1 aliphatic heterocycles. The van der Waals surface area contributed by atoms with Crippen molar-refractivity contribution >= 4 is 13.5 Å². The van der Waals surface area contributed by atoms with Crippen molar-refractivity contribution in [2.75, 3.05) is 0 Å². The largest absolute Gasteiger partial charge is 0.353 e. The molecule has 120 valence electrons. The monoisotopic (exact) mass is 331 g/mol. The van der Waals surface area contributed by atoms with E-state index in [0.29, 0.717) is 0 Å². The molecule has 0 spiro atoms. The zero-order chi connectivity index (χ0) is 16.1. The van der Waals surface area contributed by atoms with Gasteiger partial charge in [0.15, 0.2) is 0 Å². The van der Waals surface area contributed by atoms with E-state index in [-0.39, 0.29) is 25.5 Å². The third kappa shape index (κ3) is 4.08. The van der Waals surface area contributed by atoms with Gasteiger partial charge in [-0.15, -0.1) is 0 Å². The maximum Gasteiger partial charge on any atom is 0.353 e. The summed E-state index contributed by atoms with van der Waals surface area (Å²) in [5, 5.41) is 2.60. The fourth-order valence-corrected chi connectivity index (χ4v) is 4.01. The number of hydrogen-bond acceptors (Lipinski definition) is 4. The zero-order valence-electron chi connectivity index (χ0n) is 12.6. The van der Waals surface area contributed by atoms with E-state index in [9.17, 15) is 9.36 Å². The molecular formula is C17H18NO4P. The molecule has 1 amide bonds. The van der Waals surface area contributed by atoms with Crippen LogP contribution in [0.3, 0.4) is 0 Å². The van der Waals surface area contributed by atoms with Gasteiger partial charge in [-0.25, -0.2) is 0 Å². The predicted octanol–water partition coefficient (Wildman–Crippen LogP) is 3.46. The maximum atomic E-state index is 13.0. The van der Waals surface area contributed by atoms with Crippen LogP contribution in [-0.4, -0.2) is 11.7 Å². The van der Waals surface area contributed by atoms with Gasteiger partial charge in [0.1, 0.15) is 5.78 Å². The highest BCUT2D eigenvalue weighted by atomic mass is 31.2. The molecule has 0 aliphatic carbocycles. The minimum Gasteiger partial charge on any atom is -0.341 e. The third-order valence-corrected chi connectivity index (χ3v) is 5.65. The van der Waals surface area contributed by atoms with Crippen molar-refractivity contribution in [2.45, 2.75) is 25.4 Å². The molecule has 2 aromatic carbocycles. The van der Waals surface area contributed by atoms with Gasteiger partial charge < -0.3 is 14.4 Å². The van der Waals surface area contributed by atoms with Crippen LogP contribution in [0.5, 0.6) is 0 Å². The molecule has 2 aromatic rings. The summed E-state index contributed by atoms with van der Waals surface area (Å²) in [6.45, 7) is 0.360. The number of benzene rings is 2. The van der Waals surface area contributed by atoms with Crippen LogP contribution in [0.2, 0.25) is 0 Å². The van der Waals surface area contributed by atoms with Crippen LogP contribution in [0.4, 0.5) is 0 Å². The topological polar surface area (TPSA) is 64.6 Å². The molecular weight excluding hydrogens is 313 g/mol. The molecule has 1 unspecified atom stereocenters. The van der Waals surface area contributed by atoms with E-state index >= 15 is 0 Å². The molecule has 1 N–H and O–H groups in total. The number of carbonyl (C=O) groups excluding carboxylic acids is 1. The lowest BCUT2D eigenvalue weighted by atomic mass is 10.2. The number of hydrogen-bond donors (Lipinski definition) is 1. The van der Waals surface area contributed by atoms with Crippen LogP contribution < -0.4 is 5.32 Å². The van der Waals surface area contributed by atoms with Gasteiger partial charge in [-0.3, -0.25) is 9.36 Å². The third-order valence-electron chi connectivity index (χ3n) is 3.60. The number of amides is 1. The van der Waals surface area contributed by atoms with E-state index < -0.39 is 13.4 Å². The Balaban J connectivity index is 1.66. The fraction of sp³-hybridized carbons (Fsp3) is 0.235. The van der Waals surface area contributed by atoms with Gasteiger partial charge in [0.05, 0.1) is 19.6 Å². The molecule has 0 aromatic heterocycles. The summed E-state index contributed by atoms with van der Waals surface area (Å²) in [7, 11) is -3.42. The highest BCUT2D eigenvalue weighted by molar-refractivity contribution is 7.54. The summed E-state index contributed by atoms with van der Waals surface area (Å²) in [6.07, 6.45) is 0.168. The Bertz CT molecular complexity index is 650. The summed E-state index contributed by atoms with van der Waals surface area (Å²) >= 11 is 0. The van der Waals surface area contributed by atoms with Crippen molar-refractivity contribution in [2.24, 2.45) is 0 Å². The minimum absolute atomic E-state index is 0.137. The summed E-state index contributed by atoms with van der Waals surface area (Å²) in [5.41, 5.74) is 1.81. The van der Waals surface area contributed by atoms with Gasteiger partial charge in [-0.2, -0.15) is 0 Å². The van der Waals surface area contributed by atoms with E-state index in [1.165, 1.54) is 0 Å². The molecule has 23 heavy (non-hydrogen) atoms. The Labute approximate surface area is 135 Å². The molecule has 1 saturated heterocycles. The van der Waals surface area contributed by atoms with Gasteiger partial charge in [-0.1, -0.05) is 60.7 Å². The predicted molar refractivity (Wildman–Crippen MR) is 86.6 cm³/mol. The summed E-state index contributed by atoms with van der Waals surface area (Å²) in [6, 6.07) is 18.9. The second-order valence-electron chi connectivity index (χ2n) is 5.35. The first-order chi connectivity index (χ1) is 11.2. The lowest BCUT2D eigenvalue weighted by Gasteiger charge is -2.33. The van der Waals surface area contributed by atoms with E-state index in [4.69, 9.17) is 9.05 Å². The average Bonchev–Trinajstić information content (AvgIpc) is 2.57. The van der Waals surface area contributed by atoms with Crippen LogP contribution >= 0.6 is 7.60 Å². The summed E-state index contributed by atoms with van der Waals surface area (Å²) in [4.78, 5) is 11.2. The Morgan fingerprint density at radius 1 is 0.913 bits per heavy atom. The maximum absolute atomic E-state index is 13.0. The Morgan fingerprint density at radius 3 is 1.74 bits per heavy atom. The lowest BCUT2D eigenvalue weighted by molar-refractivity contribution is -0.126. The molecule has 0 bridgehead atoms. The molecule has 1 aliphatic rings. The van der Waals surface area contributed by atoms with Crippen molar-refractivity contribution < 1.29 is 18.4 Å². The molecule has 0 radical (unpaired) electrons. The van der Waals surface area contributed by atoms with Gasteiger partial charge in [0.2, 0.25) is 5.91 Å². The van der Waals surface area contributed by atoms with Crippen LogP contribution in [0.15, 0.2) is 60.7 Å². The van der Waals surface area contributed by atoms with Crippen LogP contribution in [0.1, 0.15) is 17.5 Å². The normalized spacial score (nSPS) is 17.4. The zero-order valence-corrected chi connectivity index (χ0v) is 13.4. The standard InChI is InChI=1S/C17H18NO4P/c19-16-11-17(18-16)23(20,21-12-14-7-3-1-4-8-14)22-13-15-9-5-2-6-10-15/h1-10,17H,11-13H2,(H,18,19). The highest BCUT2D eigenvalue weighted by Crippen LogP contribution is 2.56. The SMILES string of the molecule is O=C1CC(P(=O)(OCc2ccccc2)OCc2ccccc2)N1. The molecule has 1 fully saturated rings. The Hall–Kier alpha value is -1.94. The Morgan fingerprint density at radius 2 is 1.35 bits per heavy atom. The quantitative estimate of drug-likeness (QED) is 0.623. The molecule has 6 heteroatoms. The van der Waals surface area contributed by atoms with Crippen molar-refractivity contribution in [3.63, 3.8) is 0 Å². The summed E-state index contributed by atoms with van der Waals surface area (Å²) in [5.74, 6) is -0.704. The smallest absolute Gasteiger partial charge is 0.341 e. The van der Waals surface area contributed by atoms with Crippen molar-refractivity contribution in [3.05, 3.63) is 71.8 Å². The van der Waals surface area contributed by atoms with E-state index in [1.54, 1.807) is 0 Å². The van der Waals surface area contributed by atoms with Crippen LogP contribution in [0, 0.1) is 0 Å². The fourth-order valence-electron chi connectivity index (χ4n) is 2.23. The van der Waals surface area contributed by atoms with E-state index in [0.717, 1.165) is 11.1 Å². The first kappa shape index (κ1) is 15.9. The highest BCUT2D eigenvalue weighted by Gasteiger charge is 2.44. The molecule has 5 nitrogen and oxygen atoms in total. The van der Waals surface area contributed by atoms with Crippen LogP contribution in [-0.2, 0) is 31.6 Å². The molecule has 1 heterocycles. The second-order valence-corrected chi connectivity index (χ2v) is 7.56. The van der Waals surface area contributed by atoms with Gasteiger partial charge >= 0.3 is 7.60 Å². The first-order valence-electron chi connectivity index (χ1n) is 7.42. The van der Waals surface area contributed by atoms with Gasteiger partial charge in [0.25, 0.3) is 0 Å².